The molecule has 0 saturated carbocycles. The van der Waals surface area contributed by atoms with Gasteiger partial charge in [0.15, 0.2) is 0 Å². The number of benzene rings is 3. The number of fused-ring (bicyclic) bond motifs is 1. The van der Waals surface area contributed by atoms with E-state index in [-0.39, 0.29) is 11.8 Å². The molecule has 2 heterocycles. The van der Waals surface area contributed by atoms with Gasteiger partial charge in [-0.25, -0.2) is 0 Å². The second-order valence-corrected chi connectivity index (χ2v) is 9.43. The van der Waals surface area contributed by atoms with Crippen LogP contribution in [-0.4, -0.2) is 55.8 Å². The molecular formula is C27H27N3O3S. The third-order valence-corrected chi connectivity index (χ3v) is 7.37. The van der Waals surface area contributed by atoms with Gasteiger partial charge in [-0.1, -0.05) is 24.3 Å². The Morgan fingerprint density at radius 1 is 0.941 bits per heavy atom. The van der Waals surface area contributed by atoms with Crippen LogP contribution < -0.4 is 14.5 Å². The summed E-state index contributed by atoms with van der Waals surface area (Å²) >= 11 is 1.58. The number of carbonyl (C=O) groups is 2. The van der Waals surface area contributed by atoms with Crippen LogP contribution in [0.3, 0.4) is 0 Å². The van der Waals surface area contributed by atoms with E-state index in [1.807, 2.05) is 70.5 Å². The minimum absolute atomic E-state index is 0.0390. The molecule has 1 fully saturated rings. The van der Waals surface area contributed by atoms with Crippen molar-refractivity contribution in [3.63, 3.8) is 0 Å². The van der Waals surface area contributed by atoms with E-state index in [1.165, 1.54) is 0 Å². The molecule has 0 bridgehead atoms. The second kappa shape index (κ2) is 9.81. The number of hydrogen-bond acceptors (Lipinski definition) is 5. The molecule has 2 aliphatic rings. The van der Waals surface area contributed by atoms with Crippen molar-refractivity contribution in [3.8, 4) is 5.75 Å². The Kier molecular flexibility index (Phi) is 6.45. The lowest BCUT2D eigenvalue weighted by Crippen LogP contribution is -2.48. The Morgan fingerprint density at radius 2 is 1.71 bits per heavy atom. The highest BCUT2D eigenvalue weighted by Gasteiger charge is 2.26. The lowest BCUT2D eigenvalue weighted by atomic mass is 10.1. The van der Waals surface area contributed by atoms with Gasteiger partial charge in [0.25, 0.3) is 5.91 Å². The van der Waals surface area contributed by atoms with Crippen LogP contribution in [-0.2, 0) is 11.3 Å². The number of rotatable bonds is 5. The monoisotopic (exact) mass is 473 g/mol. The molecule has 3 aromatic carbocycles. The number of ether oxygens (including phenoxy) is 1. The fourth-order valence-electron chi connectivity index (χ4n) is 4.46. The Hall–Kier alpha value is -3.45. The second-order valence-electron chi connectivity index (χ2n) is 8.41. The van der Waals surface area contributed by atoms with Crippen molar-refractivity contribution in [2.45, 2.75) is 11.4 Å². The van der Waals surface area contributed by atoms with Crippen LogP contribution in [0.4, 0.5) is 11.4 Å². The molecule has 2 amide bonds. The number of thioether (sulfide) groups is 1. The Morgan fingerprint density at radius 3 is 2.47 bits per heavy atom. The number of para-hydroxylation sites is 1. The highest BCUT2D eigenvalue weighted by atomic mass is 32.2. The van der Waals surface area contributed by atoms with Gasteiger partial charge in [0, 0.05) is 42.3 Å². The van der Waals surface area contributed by atoms with E-state index in [9.17, 15) is 9.59 Å². The molecule has 3 aromatic rings. The van der Waals surface area contributed by atoms with Crippen molar-refractivity contribution in [1.82, 2.24) is 4.90 Å². The number of anilines is 2. The molecule has 2 aliphatic heterocycles. The first-order chi connectivity index (χ1) is 16.6. The first-order valence-corrected chi connectivity index (χ1v) is 12.4. The number of piperazine rings is 1. The van der Waals surface area contributed by atoms with Crippen LogP contribution in [0.1, 0.15) is 15.9 Å². The lowest BCUT2D eigenvalue weighted by Gasteiger charge is -2.36. The van der Waals surface area contributed by atoms with Crippen molar-refractivity contribution in [2.75, 3.05) is 48.8 Å². The topological polar surface area (TPSA) is 53.1 Å². The predicted molar refractivity (Wildman–Crippen MR) is 136 cm³/mol. The SMILES string of the molecule is COc1ccc(N2CCN(C(=O)c3cccc(CN4C(=O)CSc5ccccc54)c3)CC2)cc1. The zero-order valence-corrected chi connectivity index (χ0v) is 20.0. The van der Waals surface area contributed by atoms with Crippen molar-refractivity contribution in [1.29, 1.82) is 0 Å². The smallest absolute Gasteiger partial charge is 0.253 e. The van der Waals surface area contributed by atoms with Gasteiger partial charge >= 0.3 is 0 Å². The number of methoxy groups -OCH3 is 1. The van der Waals surface area contributed by atoms with E-state index in [4.69, 9.17) is 4.74 Å². The van der Waals surface area contributed by atoms with Gasteiger partial charge in [0.05, 0.1) is 25.1 Å². The van der Waals surface area contributed by atoms with E-state index >= 15 is 0 Å². The maximum absolute atomic E-state index is 13.2. The van der Waals surface area contributed by atoms with Gasteiger partial charge in [0.1, 0.15) is 5.75 Å². The molecule has 5 rings (SSSR count). The summed E-state index contributed by atoms with van der Waals surface area (Å²) in [6.07, 6.45) is 0. The van der Waals surface area contributed by atoms with Gasteiger partial charge in [-0.2, -0.15) is 0 Å². The van der Waals surface area contributed by atoms with Gasteiger partial charge in [-0.15, -0.1) is 11.8 Å². The van der Waals surface area contributed by atoms with Crippen LogP contribution in [0.5, 0.6) is 5.75 Å². The fraction of sp³-hybridized carbons (Fsp3) is 0.259. The van der Waals surface area contributed by atoms with Crippen LogP contribution >= 0.6 is 11.8 Å². The maximum atomic E-state index is 13.2. The Labute approximate surface area is 204 Å². The Balaban J connectivity index is 1.25. The lowest BCUT2D eigenvalue weighted by molar-refractivity contribution is -0.116. The van der Waals surface area contributed by atoms with E-state index in [2.05, 4.69) is 17.0 Å². The summed E-state index contributed by atoms with van der Waals surface area (Å²) in [5.41, 5.74) is 3.70. The predicted octanol–water partition coefficient (Wildman–Crippen LogP) is 4.30. The normalized spacial score (nSPS) is 15.8. The highest BCUT2D eigenvalue weighted by Crippen LogP contribution is 2.35. The number of amides is 2. The number of hydrogen-bond donors (Lipinski definition) is 0. The van der Waals surface area contributed by atoms with Crippen LogP contribution in [0.25, 0.3) is 0 Å². The minimum atomic E-state index is 0.0390. The third kappa shape index (κ3) is 4.61. The van der Waals surface area contributed by atoms with Gasteiger partial charge < -0.3 is 19.4 Å². The summed E-state index contributed by atoms with van der Waals surface area (Å²) in [6, 6.07) is 23.7. The number of nitrogens with zero attached hydrogens (tertiary/aromatic N) is 3. The zero-order chi connectivity index (χ0) is 23.5. The molecule has 0 N–H and O–H groups in total. The molecule has 0 aromatic heterocycles. The first-order valence-electron chi connectivity index (χ1n) is 11.4. The van der Waals surface area contributed by atoms with Gasteiger partial charge in [0.2, 0.25) is 5.91 Å². The van der Waals surface area contributed by atoms with Crippen LogP contribution in [0.15, 0.2) is 77.7 Å². The molecule has 34 heavy (non-hydrogen) atoms. The fourth-order valence-corrected chi connectivity index (χ4v) is 5.39. The summed E-state index contributed by atoms with van der Waals surface area (Å²) in [5.74, 6) is 1.41. The summed E-state index contributed by atoms with van der Waals surface area (Å²) in [5, 5.41) is 0. The number of carbonyl (C=O) groups excluding carboxylic acids is 2. The van der Waals surface area contributed by atoms with Gasteiger partial charge in [-0.3, -0.25) is 9.59 Å². The van der Waals surface area contributed by atoms with Crippen LogP contribution in [0.2, 0.25) is 0 Å². The average Bonchev–Trinajstić information content (AvgIpc) is 2.90. The molecule has 1 saturated heterocycles. The molecule has 7 heteroatoms. The molecular weight excluding hydrogens is 446 g/mol. The van der Waals surface area contributed by atoms with E-state index in [1.54, 1.807) is 18.9 Å². The maximum Gasteiger partial charge on any atom is 0.253 e. The summed E-state index contributed by atoms with van der Waals surface area (Å²) in [6.45, 7) is 3.38. The summed E-state index contributed by atoms with van der Waals surface area (Å²) < 4.78 is 5.24. The van der Waals surface area contributed by atoms with Crippen LogP contribution in [0, 0.1) is 0 Å². The van der Waals surface area contributed by atoms with E-state index in [0.29, 0.717) is 31.0 Å². The highest BCUT2D eigenvalue weighted by molar-refractivity contribution is 8.00. The van der Waals surface area contributed by atoms with Crippen molar-refractivity contribution < 1.29 is 14.3 Å². The molecule has 174 valence electrons. The first kappa shape index (κ1) is 22.3. The summed E-state index contributed by atoms with van der Waals surface area (Å²) in [4.78, 5) is 33.0. The molecule has 0 radical (unpaired) electrons. The molecule has 0 unspecified atom stereocenters. The molecule has 0 aliphatic carbocycles. The zero-order valence-electron chi connectivity index (χ0n) is 19.1. The quantitative estimate of drug-likeness (QED) is 0.553. The third-order valence-electron chi connectivity index (χ3n) is 6.33. The van der Waals surface area contributed by atoms with Gasteiger partial charge in [-0.05, 0) is 54.1 Å². The minimum Gasteiger partial charge on any atom is -0.497 e. The molecule has 0 spiro atoms. The summed E-state index contributed by atoms with van der Waals surface area (Å²) in [7, 11) is 1.66. The Bertz CT molecular complexity index is 1190. The average molecular weight is 474 g/mol. The van der Waals surface area contributed by atoms with E-state index < -0.39 is 0 Å². The largest absolute Gasteiger partial charge is 0.497 e. The molecule has 0 atom stereocenters. The molecule has 6 nitrogen and oxygen atoms in total. The van der Waals surface area contributed by atoms with Crippen molar-refractivity contribution in [3.05, 3.63) is 83.9 Å². The standard InChI is InChI=1S/C27H27N3O3S/c1-33-23-11-9-22(10-12-23)28-13-15-29(16-14-28)27(32)21-6-4-5-20(17-21)18-30-24-7-2-3-8-25(24)34-19-26(30)31/h2-12,17H,13-16,18-19H2,1H3. The van der Waals surface area contributed by atoms with Crippen molar-refractivity contribution in [2.24, 2.45) is 0 Å². The van der Waals surface area contributed by atoms with E-state index in [0.717, 1.165) is 40.7 Å². The van der Waals surface area contributed by atoms with Crippen molar-refractivity contribution >= 4 is 35.0 Å².